The van der Waals surface area contributed by atoms with Gasteiger partial charge in [0.05, 0.1) is 11.0 Å². The normalized spacial score (nSPS) is 11.6. The van der Waals surface area contributed by atoms with Gasteiger partial charge in [-0.25, -0.2) is 4.98 Å². The summed E-state index contributed by atoms with van der Waals surface area (Å²) in [6.07, 6.45) is 2.25. The quantitative estimate of drug-likeness (QED) is 0.339. The van der Waals surface area contributed by atoms with E-state index in [4.69, 9.17) is 0 Å². The fourth-order valence-electron chi connectivity index (χ4n) is 2.93. The van der Waals surface area contributed by atoms with Crippen molar-refractivity contribution in [1.29, 1.82) is 0 Å². The maximum Gasteiger partial charge on any atom is 0.224 e. The Hall–Kier alpha value is -2.57. The first-order chi connectivity index (χ1) is 13.2. The number of aromatic amines is 1. The average molecular weight is 373 g/mol. The smallest absolute Gasteiger partial charge is 0.224 e. The van der Waals surface area contributed by atoms with E-state index >= 15 is 0 Å². The molecule has 3 N–H and O–H groups in total. The van der Waals surface area contributed by atoms with Crippen molar-refractivity contribution in [3.8, 4) is 0 Å². The second-order valence-corrected chi connectivity index (χ2v) is 6.31. The van der Waals surface area contributed by atoms with E-state index in [1.807, 2.05) is 49.9 Å². The molecule has 0 aliphatic heterocycles. The highest BCUT2D eigenvalue weighted by Crippen LogP contribution is 2.11. The van der Waals surface area contributed by atoms with Crippen LogP contribution in [0.3, 0.4) is 0 Å². The van der Waals surface area contributed by atoms with Gasteiger partial charge in [0, 0.05) is 45.6 Å². The van der Waals surface area contributed by atoms with Gasteiger partial charge < -0.3 is 20.5 Å². The van der Waals surface area contributed by atoms with E-state index in [9.17, 15) is 4.79 Å². The Morgan fingerprint density at radius 1 is 1.19 bits per heavy atom. The van der Waals surface area contributed by atoms with Crippen molar-refractivity contribution in [3.63, 3.8) is 0 Å². The number of guanidine groups is 1. The zero-order chi connectivity index (χ0) is 19.5. The number of fused-ring (bicyclic) bond motifs is 1. The van der Waals surface area contributed by atoms with Gasteiger partial charge in [-0.3, -0.25) is 9.79 Å². The van der Waals surface area contributed by atoms with E-state index in [1.54, 1.807) is 0 Å². The molecule has 27 heavy (non-hydrogen) atoms. The van der Waals surface area contributed by atoms with Crippen molar-refractivity contribution in [2.45, 2.75) is 40.0 Å². The van der Waals surface area contributed by atoms with Crippen molar-refractivity contribution in [2.24, 2.45) is 4.99 Å². The zero-order valence-corrected chi connectivity index (χ0v) is 16.7. The molecule has 7 nitrogen and oxygen atoms in total. The lowest BCUT2D eigenvalue weighted by Gasteiger charge is -2.19. The van der Waals surface area contributed by atoms with Crippen LogP contribution in [0, 0.1) is 0 Å². The third-order valence-electron chi connectivity index (χ3n) is 4.37. The highest BCUT2D eigenvalue weighted by molar-refractivity contribution is 5.81. The molecule has 0 unspecified atom stereocenters. The highest BCUT2D eigenvalue weighted by atomic mass is 16.2. The number of nitrogens with zero attached hydrogens (tertiary/aromatic N) is 3. The summed E-state index contributed by atoms with van der Waals surface area (Å²) >= 11 is 0. The van der Waals surface area contributed by atoms with Gasteiger partial charge in [0.25, 0.3) is 0 Å². The van der Waals surface area contributed by atoms with Gasteiger partial charge in [-0.1, -0.05) is 12.1 Å². The summed E-state index contributed by atoms with van der Waals surface area (Å²) in [5.41, 5.74) is 2.08. The first-order valence-corrected chi connectivity index (χ1v) is 9.91. The van der Waals surface area contributed by atoms with Gasteiger partial charge in [-0.05, 0) is 39.3 Å². The van der Waals surface area contributed by atoms with Crippen LogP contribution in [0.25, 0.3) is 11.0 Å². The Labute approximate surface area is 161 Å². The monoisotopic (exact) mass is 372 g/mol. The second kappa shape index (κ2) is 11.2. The predicted octanol–water partition coefficient (Wildman–Crippen LogP) is 2.31. The Kier molecular flexibility index (Phi) is 8.61. The summed E-state index contributed by atoms with van der Waals surface area (Å²) in [4.78, 5) is 26.4. The van der Waals surface area contributed by atoms with Crippen LogP contribution < -0.4 is 10.6 Å². The van der Waals surface area contributed by atoms with Crippen molar-refractivity contribution >= 4 is 22.9 Å². The van der Waals surface area contributed by atoms with Crippen molar-refractivity contribution in [2.75, 3.05) is 32.7 Å². The van der Waals surface area contributed by atoms with Crippen LogP contribution in [-0.4, -0.2) is 59.5 Å². The first-order valence-electron chi connectivity index (χ1n) is 9.91. The Bertz CT molecular complexity index is 702. The summed E-state index contributed by atoms with van der Waals surface area (Å²) in [6.45, 7) is 9.63. The fourth-order valence-corrected chi connectivity index (χ4v) is 2.93. The molecule has 1 amide bonds. The average Bonchev–Trinajstić information content (AvgIpc) is 3.09. The fraction of sp³-hybridized carbons (Fsp3) is 0.550. The number of aliphatic imine (C=N–C) groups is 1. The number of para-hydroxylation sites is 2. The summed E-state index contributed by atoms with van der Waals surface area (Å²) in [5.74, 6) is 1.93. The number of benzene rings is 1. The van der Waals surface area contributed by atoms with Crippen molar-refractivity contribution < 1.29 is 4.79 Å². The topological polar surface area (TPSA) is 85.4 Å². The number of hydrogen-bond acceptors (Lipinski definition) is 3. The molecule has 148 valence electrons. The Balaban J connectivity index is 1.76. The largest absolute Gasteiger partial charge is 0.357 e. The van der Waals surface area contributed by atoms with Crippen LogP contribution in [0.4, 0.5) is 0 Å². The molecule has 0 atom stereocenters. The molecule has 0 aliphatic carbocycles. The van der Waals surface area contributed by atoms with Crippen LogP contribution in [0.1, 0.15) is 39.4 Å². The van der Waals surface area contributed by atoms with E-state index in [2.05, 4.69) is 25.6 Å². The number of carbonyl (C=O) groups excluding carboxylic acids is 1. The Morgan fingerprint density at radius 2 is 1.96 bits per heavy atom. The van der Waals surface area contributed by atoms with Crippen LogP contribution in [0.15, 0.2) is 29.3 Å². The number of carbonyl (C=O) groups is 1. The number of aromatic nitrogens is 2. The zero-order valence-electron chi connectivity index (χ0n) is 16.7. The van der Waals surface area contributed by atoms with Gasteiger partial charge >= 0.3 is 0 Å². The molecule has 0 spiro atoms. The SMILES string of the molecule is CCNC(=NCCCc1nc2ccccc2[nH]1)NCCC(=O)N(CC)CC. The third kappa shape index (κ3) is 6.58. The molecular formula is C20H32N6O. The van der Waals surface area contributed by atoms with Crippen LogP contribution in [0.5, 0.6) is 0 Å². The summed E-state index contributed by atoms with van der Waals surface area (Å²) in [6, 6.07) is 8.06. The maximum atomic E-state index is 12.1. The molecular weight excluding hydrogens is 340 g/mol. The number of rotatable bonds is 10. The van der Waals surface area contributed by atoms with E-state index in [-0.39, 0.29) is 5.91 Å². The minimum atomic E-state index is 0.174. The summed E-state index contributed by atoms with van der Waals surface area (Å²) in [5, 5.41) is 6.47. The molecule has 1 heterocycles. The molecule has 2 aromatic rings. The number of nitrogens with one attached hydrogen (secondary N) is 3. The lowest BCUT2D eigenvalue weighted by molar-refractivity contribution is -0.130. The molecule has 0 saturated heterocycles. The van der Waals surface area contributed by atoms with E-state index in [0.29, 0.717) is 19.5 Å². The third-order valence-corrected chi connectivity index (χ3v) is 4.37. The molecule has 1 aromatic carbocycles. The molecule has 1 aromatic heterocycles. The number of amides is 1. The number of H-pyrrole nitrogens is 1. The molecule has 0 aliphatic rings. The molecule has 2 rings (SSSR count). The molecule has 0 radical (unpaired) electrons. The maximum absolute atomic E-state index is 12.1. The number of imidazole rings is 1. The van der Waals surface area contributed by atoms with Gasteiger partial charge in [-0.2, -0.15) is 0 Å². The second-order valence-electron chi connectivity index (χ2n) is 6.31. The molecule has 0 fully saturated rings. The van der Waals surface area contributed by atoms with Crippen LogP contribution in [-0.2, 0) is 11.2 Å². The van der Waals surface area contributed by atoms with Crippen LogP contribution >= 0.6 is 0 Å². The molecule has 0 saturated carbocycles. The molecule has 0 bridgehead atoms. The lowest BCUT2D eigenvalue weighted by atomic mass is 10.3. The van der Waals surface area contributed by atoms with Crippen LogP contribution in [0.2, 0.25) is 0 Å². The summed E-state index contributed by atoms with van der Waals surface area (Å²) in [7, 11) is 0. The van der Waals surface area contributed by atoms with Gasteiger partial charge in [0.15, 0.2) is 5.96 Å². The first kappa shape index (κ1) is 20.7. The standard InChI is InChI=1S/C20H32N6O/c1-4-21-20(23-15-13-19(27)26(5-2)6-3)22-14-9-12-18-24-16-10-7-8-11-17(16)25-18/h7-8,10-11H,4-6,9,12-15H2,1-3H3,(H,24,25)(H2,21,22,23). The minimum absolute atomic E-state index is 0.174. The van der Waals surface area contributed by atoms with Gasteiger partial charge in [-0.15, -0.1) is 0 Å². The van der Waals surface area contributed by atoms with Gasteiger partial charge in [0.1, 0.15) is 5.82 Å². The van der Waals surface area contributed by atoms with E-state index < -0.39 is 0 Å². The molecule has 7 heteroatoms. The number of aryl methyl sites for hydroxylation is 1. The minimum Gasteiger partial charge on any atom is -0.357 e. The predicted molar refractivity (Wildman–Crippen MR) is 111 cm³/mol. The van der Waals surface area contributed by atoms with Crippen molar-refractivity contribution in [3.05, 3.63) is 30.1 Å². The van der Waals surface area contributed by atoms with Gasteiger partial charge in [0.2, 0.25) is 5.91 Å². The summed E-state index contributed by atoms with van der Waals surface area (Å²) < 4.78 is 0. The van der Waals surface area contributed by atoms with Crippen molar-refractivity contribution in [1.82, 2.24) is 25.5 Å². The Morgan fingerprint density at radius 3 is 2.67 bits per heavy atom. The van der Waals surface area contributed by atoms with E-state index in [1.165, 1.54) is 0 Å². The lowest BCUT2D eigenvalue weighted by Crippen LogP contribution is -2.40. The van der Waals surface area contributed by atoms with E-state index in [0.717, 1.165) is 55.3 Å². The number of hydrogen-bond donors (Lipinski definition) is 3. The highest BCUT2D eigenvalue weighted by Gasteiger charge is 2.09.